The molecule has 82 valence electrons. The van der Waals surface area contributed by atoms with Gasteiger partial charge in [-0.15, -0.1) is 0 Å². The fraction of sp³-hybridized carbons (Fsp3) is 0.0833. The highest BCUT2D eigenvalue weighted by molar-refractivity contribution is 5.70. The van der Waals surface area contributed by atoms with Gasteiger partial charge in [-0.05, 0) is 36.4 Å². The first-order valence-corrected chi connectivity index (χ1v) is 4.88. The first-order chi connectivity index (χ1) is 7.68. The maximum Gasteiger partial charge on any atom is 0.155 e. The molecular weight excluding hydrogens is 205 g/mol. The molecule has 0 aliphatic rings. The van der Waals surface area contributed by atoms with Gasteiger partial charge in [0, 0.05) is 18.9 Å². The van der Waals surface area contributed by atoms with Crippen molar-refractivity contribution in [3.63, 3.8) is 0 Å². The largest absolute Gasteiger partial charge is 0.396 e. The number of nitrogens with zero attached hydrogens (tertiary/aromatic N) is 2. The molecule has 16 heavy (non-hydrogen) atoms. The van der Waals surface area contributed by atoms with Crippen molar-refractivity contribution in [2.24, 2.45) is 0 Å². The van der Waals surface area contributed by atoms with E-state index in [1.807, 2.05) is 11.9 Å². The maximum absolute atomic E-state index is 12.8. The molecule has 0 amide bonds. The summed E-state index contributed by atoms with van der Waals surface area (Å²) in [6.45, 7) is 0. The molecule has 4 heteroatoms. The van der Waals surface area contributed by atoms with Gasteiger partial charge in [-0.2, -0.15) is 0 Å². The monoisotopic (exact) mass is 217 g/mol. The average molecular weight is 217 g/mol. The van der Waals surface area contributed by atoms with Crippen molar-refractivity contribution < 1.29 is 4.39 Å². The number of nitrogen functional groups attached to an aromatic ring is 1. The molecule has 1 aromatic carbocycles. The van der Waals surface area contributed by atoms with E-state index in [1.165, 1.54) is 12.1 Å². The molecule has 3 nitrogen and oxygen atoms in total. The van der Waals surface area contributed by atoms with Crippen LogP contribution in [-0.4, -0.2) is 12.0 Å². The number of halogens is 1. The van der Waals surface area contributed by atoms with E-state index in [9.17, 15) is 4.39 Å². The summed E-state index contributed by atoms with van der Waals surface area (Å²) in [5.41, 5.74) is 7.24. The van der Waals surface area contributed by atoms with E-state index in [-0.39, 0.29) is 5.82 Å². The second-order valence-corrected chi connectivity index (χ2v) is 3.45. The average Bonchev–Trinajstić information content (AvgIpc) is 2.30. The van der Waals surface area contributed by atoms with Crippen LogP contribution in [0.1, 0.15) is 0 Å². The molecule has 1 aromatic heterocycles. The molecule has 0 saturated heterocycles. The third-order valence-electron chi connectivity index (χ3n) is 2.35. The summed E-state index contributed by atoms with van der Waals surface area (Å²) in [6, 6.07) is 9.74. The van der Waals surface area contributed by atoms with E-state index >= 15 is 0 Å². The molecule has 0 aliphatic carbocycles. The Morgan fingerprint density at radius 3 is 2.50 bits per heavy atom. The highest BCUT2D eigenvalue weighted by Gasteiger charge is 2.07. The van der Waals surface area contributed by atoms with Crippen molar-refractivity contribution in [2.75, 3.05) is 17.7 Å². The standard InChI is InChI=1S/C12H12FN3/c1-16(10-6-4-9(13)5-7-10)12-11(14)3-2-8-15-12/h2-8H,14H2,1H3. The minimum absolute atomic E-state index is 0.258. The topological polar surface area (TPSA) is 42.2 Å². The number of hydrogen-bond donors (Lipinski definition) is 1. The van der Waals surface area contributed by atoms with Crippen LogP contribution in [0.2, 0.25) is 0 Å². The first-order valence-electron chi connectivity index (χ1n) is 4.88. The Morgan fingerprint density at radius 2 is 1.88 bits per heavy atom. The second kappa shape index (κ2) is 4.18. The molecule has 0 atom stereocenters. The van der Waals surface area contributed by atoms with Crippen molar-refractivity contribution in [3.8, 4) is 0 Å². The van der Waals surface area contributed by atoms with Crippen molar-refractivity contribution in [1.29, 1.82) is 0 Å². The van der Waals surface area contributed by atoms with Crippen LogP contribution in [0.5, 0.6) is 0 Å². The summed E-state index contributed by atoms with van der Waals surface area (Å²) in [5.74, 6) is 0.403. The van der Waals surface area contributed by atoms with Gasteiger partial charge in [0.05, 0.1) is 5.69 Å². The summed E-state index contributed by atoms with van der Waals surface area (Å²) < 4.78 is 12.8. The Labute approximate surface area is 93.3 Å². The lowest BCUT2D eigenvalue weighted by atomic mass is 10.2. The number of aromatic nitrogens is 1. The quantitative estimate of drug-likeness (QED) is 0.840. The van der Waals surface area contributed by atoms with Gasteiger partial charge in [0.1, 0.15) is 5.82 Å². The van der Waals surface area contributed by atoms with Gasteiger partial charge in [0.15, 0.2) is 5.82 Å². The lowest BCUT2D eigenvalue weighted by molar-refractivity contribution is 0.628. The molecule has 0 bridgehead atoms. The molecule has 1 heterocycles. The van der Waals surface area contributed by atoms with Crippen LogP contribution in [0.15, 0.2) is 42.6 Å². The zero-order valence-corrected chi connectivity index (χ0v) is 8.89. The van der Waals surface area contributed by atoms with Gasteiger partial charge in [0.2, 0.25) is 0 Å². The predicted octanol–water partition coefficient (Wildman–Crippen LogP) is 2.57. The van der Waals surface area contributed by atoms with Crippen LogP contribution in [0, 0.1) is 5.82 Å². The van der Waals surface area contributed by atoms with Gasteiger partial charge in [-0.3, -0.25) is 0 Å². The molecular formula is C12H12FN3. The van der Waals surface area contributed by atoms with Gasteiger partial charge >= 0.3 is 0 Å². The Balaban J connectivity index is 2.35. The van der Waals surface area contributed by atoms with Gasteiger partial charge < -0.3 is 10.6 Å². The Kier molecular flexibility index (Phi) is 2.72. The van der Waals surface area contributed by atoms with Crippen LogP contribution >= 0.6 is 0 Å². The van der Waals surface area contributed by atoms with Crippen LogP contribution in [-0.2, 0) is 0 Å². The lowest BCUT2D eigenvalue weighted by Crippen LogP contribution is -2.13. The zero-order valence-electron chi connectivity index (χ0n) is 8.89. The number of rotatable bonds is 2. The molecule has 0 radical (unpaired) electrons. The third-order valence-corrected chi connectivity index (χ3v) is 2.35. The smallest absolute Gasteiger partial charge is 0.155 e. The van der Waals surface area contributed by atoms with E-state index in [0.717, 1.165) is 5.69 Å². The van der Waals surface area contributed by atoms with Crippen molar-refractivity contribution in [3.05, 3.63) is 48.4 Å². The first kappa shape index (κ1) is 10.4. The molecule has 2 N–H and O–H groups in total. The van der Waals surface area contributed by atoms with Gasteiger partial charge in [-0.1, -0.05) is 0 Å². The molecule has 0 fully saturated rings. The third kappa shape index (κ3) is 1.95. The molecule has 0 aliphatic heterocycles. The lowest BCUT2D eigenvalue weighted by Gasteiger charge is -2.19. The zero-order chi connectivity index (χ0) is 11.5. The minimum atomic E-state index is -0.258. The molecule has 2 aromatic rings. The Morgan fingerprint density at radius 1 is 1.19 bits per heavy atom. The van der Waals surface area contributed by atoms with Crippen molar-refractivity contribution >= 4 is 17.2 Å². The fourth-order valence-electron chi connectivity index (χ4n) is 1.48. The summed E-state index contributed by atoms with van der Waals surface area (Å²) in [7, 11) is 1.84. The van der Waals surface area contributed by atoms with Crippen molar-refractivity contribution in [1.82, 2.24) is 4.98 Å². The van der Waals surface area contributed by atoms with Crippen LogP contribution in [0.25, 0.3) is 0 Å². The van der Waals surface area contributed by atoms with E-state index in [4.69, 9.17) is 5.73 Å². The summed E-state index contributed by atoms with van der Waals surface area (Å²) in [5, 5.41) is 0. The van der Waals surface area contributed by atoms with E-state index in [2.05, 4.69) is 4.98 Å². The Bertz CT molecular complexity index is 482. The molecule has 0 unspecified atom stereocenters. The van der Waals surface area contributed by atoms with Crippen LogP contribution in [0.3, 0.4) is 0 Å². The SMILES string of the molecule is CN(c1ccc(F)cc1)c1ncccc1N. The predicted molar refractivity (Wildman–Crippen MR) is 63.1 cm³/mol. The second-order valence-electron chi connectivity index (χ2n) is 3.45. The maximum atomic E-state index is 12.8. The van der Waals surface area contributed by atoms with Crippen LogP contribution < -0.4 is 10.6 Å². The normalized spacial score (nSPS) is 10.1. The van der Waals surface area contributed by atoms with Crippen molar-refractivity contribution in [2.45, 2.75) is 0 Å². The summed E-state index contributed by atoms with van der Waals surface area (Å²) in [4.78, 5) is 6.00. The molecule has 2 rings (SSSR count). The van der Waals surface area contributed by atoms with Gasteiger partial charge in [-0.25, -0.2) is 9.37 Å². The van der Waals surface area contributed by atoms with E-state index in [0.29, 0.717) is 11.5 Å². The summed E-state index contributed by atoms with van der Waals surface area (Å²) >= 11 is 0. The molecule has 0 spiro atoms. The van der Waals surface area contributed by atoms with E-state index in [1.54, 1.807) is 30.5 Å². The summed E-state index contributed by atoms with van der Waals surface area (Å²) in [6.07, 6.45) is 1.67. The number of benzene rings is 1. The van der Waals surface area contributed by atoms with Crippen LogP contribution in [0.4, 0.5) is 21.6 Å². The number of pyridine rings is 1. The minimum Gasteiger partial charge on any atom is -0.396 e. The number of nitrogens with two attached hydrogens (primary N) is 1. The fourth-order valence-corrected chi connectivity index (χ4v) is 1.48. The number of hydrogen-bond acceptors (Lipinski definition) is 3. The molecule has 0 saturated carbocycles. The highest BCUT2D eigenvalue weighted by Crippen LogP contribution is 2.25. The highest BCUT2D eigenvalue weighted by atomic mass is 19.1. The van der Waals surface area contributed by atoms with E-state index < -0.39 is 0 Å². The van der Waals surface area contributed by atoms with Gasteiger partial charge in [0.25, 0.3) is 0 Å². The number of anilines is 3. The Hall–Kier alpha value is -2.10.